The first kappa shape index (κ1) is 13.9. The van der Waals surface area contributed by atoms with Gasteiger partial charge in [0.15, 0.2) is 0 Å². The number of ether oxygens (including phenoxy) is 2. The quantitative estimate of drug-likeness (QED) is 0.626. The summed E-state index contributed by atoms with van der Waals surface area (Å²) in [4.78, 5) is 4.35. The first-order valence-corrected chi connectivity index (χ1v) is 6.69. The number of pyridine rings is 1. The highest BCUT2D eigenvalue weighted by atomic mass is 35.5. The van der Waals surface area contributed by atoms with Crippen LogP contribution in [0.3, 0.4) is 0 Å². The summed E-state index contributed by atoms with van der Waals surface area (Å²) in [5.74, 6) is 2.22. The van der Waals surface area contributed by atoms with Gasteiger partial charge in [-0.25, -0.2) is 4.98 Å². The Balaban J connectivity index is 2.06. The van der Waals surface area contributed by atoms with E-state index in [-0.39, 0.29) is 0 Å². The smallest absolute Gasteiger partial charge is 0.133 e. The Bertz CT molecular complexity index is 534. The number of anilines is 1. The maximum atomic E-state index is 5.53. The number of halogens is 1. The average molecular weight is 281 g/mol. The van der Waals surface area contributed by atoms with Crippen molar-refractivity contribution in [1.82, 2.24) is 4.98 Å². The van der Waals surface area contributed by atoms with E-state index in [1.54, 1.807) is 13.3 Å². The van der Waals surface area contributed by atoms with E-state index in [4.69, 9.17) is 21.1 Å². The lowest BCUT2D eigenvalue weighted by atomic mass is 10.1. The van der Waals surface area contributed by atoms with Crippen LogP contribution >= 0.6 is 11.6 Å². The Morgan fingerprint density at radius 2 is 2.16 bits per heavy atom. The van der Waals surface area contributed by atoms with Crippen LogP contribution in [0.1, 0.15) is 0 Å². The summed E-state index contributed by atoms with van der Waals surface area (Å²) in [7, 11) is 1.66. The van der Waals surface area contributed by atoms with Gasteiger partial charge in [0, 0.05) is 24.0 Å². The molecule has 2 rings (SSSR count). The fraction of sp³-hybridized carbons (Fsp3) is 0.357. The summed E-state index contributed by atoms with van der Waals surface area (Å²) in [6.45, 7) is 1.89. The topological polar surface area (TPSA) is 43.4 Å². The standard InChI is InChI=1S/C14H17ClN2O2/c1-18-12-2-3-13-11(10-12)4-6-16-14(13)17-7-9-19-8-5-15/h2-4,6,10H,5,7-9H2,1H3,(H,16,17). The van der Waals surface area contributed by atoms with Crippen LogP contribution in [0.2, 0.25) is 0 Å². The molecular formula is C14H17ClN2O2. The van der Waals surface area contributed by atoms with Gasteiger partial charge in [-0.1, -0.05) is 0 Å². The number of fused-ring (bicyclic) bond motifs is 1. The second-order valence-electron chi connectivity index (χ2n) is 3.97. The second kappa shape index (κ2) is 7.16. The van der Waals surface area contributed by atoms with Gasteiger partial charge in [0.25, 0.3) is 0 Å². The zero-order valence-corrected chi connectivity index (χ0v) is 11.6. The van der Waals surface area contributed by atoms with Gasteiger partial charge in [0.1, 0.15) is 11.6 Å². The van der Waals surface area contributed by atoms with Crippen molar-refractivity contribution in [3.8, 4) is 5.75 Å². The van der Waals surface area contributed by atoms with E-state index >= 15 is 0 Å². The molecule has 0 unspecified atom stereocenters. The molecule has 1 N–H and O–H groups in total. The van der Waals surface area contributed by atoms with Crippen molar-refractivity contribution in [3.05, 3.63) is 30.5 Å². The molecule has 19 heavy (non-hydrogen) atoms. The Kier molecular flexibility index (Phi) is 5.24. The molecule has 0 saturated carbocycles. The monoisotopic (exact) mass is 280 g/mol. The van der Waals surface area contributed by atoms with Gasteiger partial charge < -0.3 is 14.8 Å². The minimum Gasteiger partial charge on any atom is -0.497 e. The molecule has 0 saturated heterocycles. The third-order valence-corrected chi connectivity index (χ3v) is 2.89. The number of aromatic nitrogens is 1. The number of rotatable bonds is 7. The Morgan fingerprint density at radius 3 is 2.95 bits per heavy atom. The fourth-order valence-corrected chi connectivity index (χ4v) is 1.93. The number of benzene rings is 1. The molecular weight excluding hydrogens is 264 g/mol. The molecule has 0 atom stereocenters. The Labute approximate surface area is 117 Å². The van der Waals surface area contributed by atoms with Gasteiger partial charge >= 0.3 is 0 Å². The third-order valence-electron chi connectivity index (χ3n) is 2.73. The summed E-state index contributed by atoms with van der Waals surface area (Å²) < 4.78 is 10.5. The van der Waals surface area contributed by atoms with Crippen molar-refractivity contribution in [1.29, 1.82) is 0 Å². The van der Waals surface area contributed by atoms with Crippen LogP contribution in [-0.2, 0) is 4.74 Å². The molecule has 0 amide bonds. The van der Waals surface area contributed by atoms with E-state index < -0.39 is 0 Å². The van der Waals surface area contributed by atoms with E-state index in [1.807, 2.05) is 24.3 Å². The highest BCUT2D eigenvalue weighted by Crippen LogP contribution is 2.24. The molecule has 0 aliphatic heterocycles. The molecule has 0 spiro atoms. The van der Waals surface area contributed by atoms with Gasteiger partial charge in [0.2, 0.25) is 0 Å². The van der Waals surface area contributed by atoms with Crippen LogP contribution in [0.5, 0.6) is 5.75 Å². The summed E-state index contributed by atoms with van der Waals surface area (Å²) in [5.41, 5.74) is 0. The minimum atomic E-state index is 0.520. The molecule has 0 aliphatic rings. The van der Waals surface area contributed by atoms with E-state index in [0.717, 1.165) is 22.3 Å². The number of hydrogen-bond acceptors (Lipinski definition) is 4. The van der Waals surface area contributed by atoms with Gasteiger partial charge in [-0.05, 0) is 29.7 Å². The average Bonchev–Trinajstić information content (AvgIpc) is 2.46. The second-order valence-corrected chi connectivity index (χ2v) is 4.35. The molecule has 5 heteroatoms. The van der Waals surface area contributed by atoms with E-state index in [2.05, 4.69) is 10.3 Å². The maximum Gasteiger partial charge on any atom is 0.133 e. The van der Waals surface area contributed by atoms with E-state index in [0.29, 0.717) is 25.6 Å². The Hall–Kier alpha value is -1.52. The molecule has 2 aromatic rings. The molecule has 102 valence electrons. The highest BCUT2D eigenvalue weighted by Gasteiger charge is 2.03. The van der Waals surface area contributed by atoms with E-state index in [9.17, 15) is 0 Å². The van der Waals surface area contributed by atoms with Crippen molar-refractivity contribution in [2.45, 2.75) is 0 Å². The predicted octanol–water partition coefficient (Wildman–Crippen LogP) is 2.91. The number of alkyl halides is 1. The number of hydrogen-bond donors (Lipinski definition) is 1. The van der Waals surface area contributed by atoms with Crippen LogP contribution in [-0.4, -0.2) is 37.7 Å². The first-order valence-electron chi connectivity index (χ1n) is 6.15. The molecule has 4 nitrogen and oxygen atoms in total. The van der Waals surface area contributed by atoms with Crippen LogP contribution in [0.4, 0.5) is 5.82 Å². The van der Waals surface area contributed by atoms with Crippen LogP contribution in [0.15, 0.2) is 30.5 Å². The number of nitrogens with one attached hydrogen (secondary N) is 1. The van der Waals surface area contributed by atoms with Gasteiger partial charge in [-0.2, -0.15) is 0 Å². The summed E-state index contributed by atoms with van der Waals surface area (Å²) in [6, 6.07) is 7.89. The molecule has 1 aromatic carbocycles. The van der Waals surface area contributed by atoms with Crippen molar-refractivity contribution < 1.29 is 9.47 Å². The van der Waals surface area contributed by atoms with Crippen molar-refractivity contribution in [2.24, 2.45) is 0 Å². The zero-order chi connectivity index (χ0) is 13.5. The lowest BCUT2D eigenvalue weighted by Crippen LogP contribution is -2.11. The fourth-order valence-electron chi connectivity index (χ4n) is 1.82. The van der Waals surface area contributed by atoms with Gasteiger partial charge in [-0.15, -0.1) is 11.6 Å². The molecule has 1 heterocycles. The summed E-state index contributed by atoms with van der Waals surface area (Å²) in [6.07, 6.45) is 1.78. The lowest BCUT2D eigenvalue weighted by Gasteiger charge is -2.09. The first-order chi connectivity index (χ1) is 9.35. The molecule has 0 fully saturated rings. The lowest BCUT2D eigenvalue weighted by molar-refractivity contribution is 0.160. The molecule has 0 radical (unpaired) electrons. The SMILES string of the molecule is COc1ccc2c(NCCOCCCl)nccc2c1. The summed E-state index contributed by atoms with van der Waals surface area (Å²) in [5, 5.41) is 5.43. The molecule has 1 aromatic heterocycles. The van der Waals surface area contributed by atoms with Gasteiger partial charge in [0.05, 0.1) is 20.3 Å². The van der Waals surface area contributed by atoms with Crippen molar-refractivity contribution in [3.63, 3.8) is 0 Å². The Morgan fingerprint density at radius 1 is 1.26 bits per heavy atom. The number of methoxy groups -OCH3 is 1. The predicted molar refractivity (Wildman–Crippen MR) is 78.3 cm³/mol. The van der Waals surface area contributed by atoms with Gasteiger partial charge in [-0.3, -0.25) is 0 Å². The summed E-state index contributed by atoms with van der Waals surface area (Å²) >= 11 is 5.53. The highest BCUT2D eigenvalue weighted by molar-refractivity contribution is 6.17. The largest absolute Gasteiger partial charge is 0.497 e. The third kappa shape index (κ3) is 3.72. The molecule has 0 aliphatic carbocycles. The van der Waals surface area contributed by atoms with Crippen LogP contribution in [0.25, 0.3) is 10.8 Å². The van der Waals surface area contributed by atoms with Crippen LogP contribution < -0.4 is 10.1 Å². The van der Waals surface area contributed by atoms with E-state index in [1.165, 1.54) is 0 Å². The maximum absolute atomic E-state index is 5.53. The minimum absolute atomic E-state index is 0.520. The number of nitrogens with zero attached hydrogens (tertiary/aromatic N) is 1. The van der Waals surface area contributed by atoms with Crippen molar-refractivity contribution in [2.75, 3.05) is 38.1 Å². The molecule has 0 bridgehead atoms. The normalized spacial score (nSPS) is 10.6. The zero-order valence-electron chi connectivity index (χ0n) is 10.9. The van der Waals surface area contributed by atoms with Crippen molar-refractivity contribution >= 4 is 28.2 Å². The van der Waals surface area contributed by atoms with Crippen LogP contribution in [0, 0.1) is 0 Å².